The van der Waals surface area contributed by atoms with Crippen molar-refractivity contribution >= 4 is 5.78 Å². The van der Waals surface area contributed by atoms with Crippen LogP contribution in [0, 0.1) is 34.5 Å². The van der Waals surface area contributed by atoms with Gasteiger partial charge in [-0.2, -0.15) is 0 Å². The van der Waals surface area contributed by atoms with Gasteiger partial charge in [0.1, 0.15) is 5.78 Å². The Morgan fingerprint density at radius 3 is 2.36 bits per heavy atom. The molecule has 3 N–H and O–H groups in total. The standard InChI is InChI=1S/C21H34O4/c1-12(22)15-7-9-21(25)16-5-4-13-10-14(23)6-8-19(13,2)17(16)11-18(24)20(15,21)3/h13-18,23-25H,4-11H2,1-3H3/t13?,14?,15-,16-,17+,18?,19+,20+,21-/m1/s1. The van der Waals surface area contributed by atoms with Gasteiger partial charge in [0.15, 0.2) is 0 Å². The molecule has 4 aliphatic carbocycles. The highest BCUT2D eigenvalue weighted by atomic mass is 16.3. The molecule has 0 spiro atoms. The predicted octanol–water partition coefficient (Wildman–Crippen LogP) is 2.68. The minimum atomic E-state index is -0.935. The first-order valence-corrected chi connectivity index (χ1v) is 10.2. The average Bonchev–Trinajstić information content (AvgIpc) is 2.83. The van der Waals surface area contributed by atoms with E-state index in [9.17, 15) is 20.1 Å². The normalized spacial score (nSPS) is 58.2. The molecule has 0 aromatic rings. The summed E-state index contributed by atoms with van der Waals surface area (Å²) in [7, 11) is 0. The number of Topliss-reactive ketones (excluding diaryl/α,β-unsaturated/α-hetero) is 1. The first-order valence-electron chi connectivity index (χ1n) is 10.2. The van der Waals surface area contributed by atoms with Gasteiger partial charge in [0.05, 0.1) is 17.8 Å². The number of carbonyl (C=O) groups excluding carboxylic acids is 1. The molecule has 0 saturated heterocycles. The van der Waals surface area contributed by atoms with Gasteiger partial charge in [0, 0.05) is 11.3 Å². The molecule has 4 fully saturated rings. The van der Waals surface area contributed by atoms with Crippen molar-refractivity contribution in [1.29, 1.82) is 0 Å². The summed E-state index contributed by atoms with van der Waals surface area (Å²) in [5.74, 6) is 0.825. The van der Waals surface area contributed by atoms with Gasteiger partial charge in [-0.15, -0.1) is 0 Å². The van der Waals surface area contributed by atoms with Gasteiger partial charge >= 0.3 is 0 Å². The van der Waals surface area contributed by atoms with Crippen LogP contribution in [-0.4, -0.2) is 38.9 Å². The number of aliphatic hydroxyl groups excluding tert-OH is 2. The number of carbonyl (C=O) groups is 1. The van der Waals surface area contributed by atoms with Crippen molar-refractivity contribution in [1.82, 2.24) is 0 Å². The maximum atomic E-state index is 12.2. The third kappa shape index (κ3) is 2.14. The number of hydrogen-bond acceptors (Lipinski definition) is 4. The van der Waals surface area contributed by atoms with Crippen molar-refractivity contribution in [3.8, 4) is 0 Å². The molecule has 4 saturated carbocycles. The molecular formula is C21H34O4. The minimum Gasteiger partial charge on any atom is -0.393 e. The molecule has 4 nitrogen and oxygen atoms in total. The summed E-state index contributed by atoms with van der Waals surface area (Å²) in [5.41, 5.74) is -1.55. The van der Waals surface area contributed by atoms with Crippen LogP contribution in [0.3, 0.4) is 0 Å². The van der Waals surface area contributed by atoms with Crippen molar-refractivity contribution in [3.05, 3.63) is 0 Å². The lowest BCUT2D eigenvalue weighted by Gasteiger charge is -2.64. The van der Waals surface area contributed by atoms with Crippen LogP contribution in [0.4, 0.5) is 0 Å². The van der Waals surface area contributed by atoms with Gasteiger partial charge in [-0.05, 0) is 81.5 Å². The number of aliphatic hydroxyl groups is 3. The van der Waals surface area contributed by atoms with E-state index >= 15 is 0 Å². The Bertz CT molecular complexity index is 576. The SMILES string of the molecule is CC(=O)[C@H]1CC[C@@]2(O)[C@@H]3CCC4CC(O)CC[C@]4(C)[C@H]3CC(O)[C@]12C. The van der Waals surface area contributed by atoms with Gasteiger partial charge in [0.2, 0.25) is 0 Å². The summed E-state index contributed by atoms with van der Waals surface area (Å²) in [5, 5.41) is 33.1. The third-order valence-electron chi connectivity index (χ3n) is 9.41. The Labute approximate surface area is 151 Å². The molecule has 0 bridgehead atoms. The number of ketones is 1. The van der Waals surface area contributed by atoms with E-state index in [2.05, 4.69) is 6.92 Å². The number of rotatable bonds is 1. The largest absolute Gasteiger partial charge is 0.393 e. The van der Waals surface area contributed by atoms with Gasteiger partial charge < -0.3 is 15.3 Å². The molecule has 0 aromatic heterocycles. The zero-order valence-corrected chi connectivity index (χ0v) is 15.9. The van der Waals surface area contributed by atoms with Gasteiger partial charge in [-0.1, -0.05) is 13.8 Å². The molecule has 9 atom stereocenters. The van der Waals surface area contributed by atoms with Crippen LogP contribution in [0.25, 0.3) is 0 Å². The topological polar surface area (TPSA) is 77.8 Å². The Hall–Kier alpha value is -0.450. The molecule has 0 amide bonds. The summed E-state index contributed by atoms with van der Waals surface area (Å²) >= 11 is 0. The van der Waals surface area contributed by atoms with Crippen LogP contribution in [0.5, 0.6) is 0 Å². The van der Waals surface area contributed by atoms with Crippen molar-refractivity contribution < 1.29 is 20.1 Å². The van der Waals surface area contributed by atoms with Crippen LogP contribution in [0.15, 0.2) is 0 Å². The lowest BCUT2D eigenvalue weighted by molar-refractivity contribution is -0.245. The second-order valence-electron chi connectivity index (χ2n) is 10.1. The Balaban J connectivity index is 1.73. The summed E-state index contributed by atoms with van der Waals surface area (Å²) in [6.07, 6.45) is 5.89. The molecule has 0 aromatic carbocycles. The Morgan fingerprint density at radius 2 is 1.68 bits per heavy atom. The predicted molar refractivity (Wildman–Crippen MR) is 94.8 cm³/mol. The molecule has 25 heavy (non-hydrogen) atoms. The van der Waals surface area contributed by atoms with Gasteiger partial charge in [-0.3, -0.25) is 4.79 Å². The highest BCUT2D eigenvalue weighted by molar-refractivity contribution is 5.80. The molecule has 0 aliphatic heterocycles. The van der Waals surface area contributed by atoms with E-state index in [-0.39, 0.29) is 35.1 Å². The van der Waals surface area contributed by atoms with Crippen LogP contribution in [0.1, 0.15) is 72.1 Å². The van der Waals surface area contributed by atoms with Crippen molar-refractivity contribution in [2.75, 3.05) is 0 Å². The first kappa shape index (κ1) is 17.9. The second kappa shape index (κ2) is 5.53. The minimum absolute atomic E-state index is 0.0918. The lowest BCUT2D eigenvalue weighted by Crippen LogP contribution is -2.67. The zero-order chi connectivity index (χ0) is 18.2. The molecular weight excluding hydrogens is 316 g/mol. The van der Waals surface area contributed by atoms with Crippen molar-refractivity contribution in [2.24, 2.45) is 34.5 Å². The van der Waals surface area contributed by atoms with Crippen LogP contribution in [0.2, 0.25) is 0 Å². The second-order valence-corrected chi connectivity index (χ2v) is 10.1. The monoisotopic (exact) mass is 350 g/mol. The first-order chi connectivity index (χ1) is 11.6. The highest BCUT2D eigenvalue weighted by Gasteiger charge is 2.70. The highest BCUT2D eigenvalue weighted by Crippen LogP contribution is 2.69. The van der Waals surface area contributed by atoms with E-state index in [1.165, 1.54) is 0 Å². The molecule has 3 unspecified atom stereocenters. The maximum absolute atomic E-state index is 12.2. The Morgan fingerprint density at radius 1 is 0.960 bits per heavy atom. The average molecular weight is 350 g/mol. The van der Waals surface area contributed by atoms with Crippen molar-refractivity contribution in [2.45, 2.75) is 89.9 Å². The number of fused-ring (bicyclic) bond motifs is 5. The van der Waals surface area contributed by atoms with E-state index in [1.807, 2.05) is 6.92 Å². The van der Waals surface area contributed by atoms with Crippen LogP contribution >= 0.6 is 0 Å². The fourth-order valence-electron chi connectivity index (χ4n) is 7.83. The molecule has 4 rings (SSSR count). The number of hydrogen-bond donors (Lipinski definition) is 3. The zero-order valence-electron chi connectivity index (χ0n) is 15.9. The molecule has 142 valence electrons. The van der Waals surface area contributed by atoms with Gasteiger partial charge in [0.25, 0.3) is 0 Å². The fourth-order valence-corrected chi connectivity index (χ4v) is 7.83. The van der Waals surface area contributed by atoms with Crippen molar-refractivity contribution in [3.63, 3.8) is 0 Å². The molecule has 0 radical (unpaired) electrons. The van der Waals surface area contributed by atoms with E-state index in [4.69, 9.17) is 0 Å². The van der Waals surface area contributed by atoms with E-state index in [1.54, 1.807) is 6.92 Å². The lowest BCUT2D eigenvalue weighted by atomic mass is 9.42. The van der Waals surface area contributed by atoms with E-state index < -0.39 is 17.1 Å². The fraction of sp³-hybridized carbons (Fsp3) is 0.952. The summed E-state index contributed by atoms with van der Waals surface area (Å²) in [4.78, 5) is 12.2. The van der Waals surface area contributed by atoms with E-state index in [0.29, 0.717) is 25.2 Å². The summed E-state index contributed by atoms with van der Waals surface area (Å²) in [6.45, 7) is 5.91. The summed E-state index contributed by atoms with van der Waals surface area (Å²) in [6, 6.07) is 0. The smallest absolute Gasteiger partial charge is 0.133 e. The molecule has 4 aliphatic rings. The Kier molecular flexibility index (Phi) is 3.97. The van der Waals surface area contributed by atoms with Crippen LogP contribution < -0.4 is 0 Å². The van der Waals surface area contributed by atoms with Gasteiger partial charge in [-0.25, -0.2) is 0 Å². The quantitative estimate of drug-likeness (QED) is 0.679. The molecule has 0 heterocycles. The van der Waals surface area contributed by atoms with E-state index in [0.717, 1.165) is 32.1 Å². The van der Waals surface area contributed by atoms with Crippen LogP contribution in [-0.2, 0) is 4.79 Å². The summed E-state index contributed by atoms with van der Waals surface area (Å²) < 4.78 is 0. The third-order valence-corrected chi connectivity index (χ3v) is 9.41. The maximum Gasteiger partial charge on any atom is 0.133 e. The molecule has 4 heteroatoms.